The van der Waals surface area contributed by atoms with E-state index in [2.05, 4.69) is 39.1 Å². The van der Waals surface area contributed by atoms with E-state index >= 15 is 0 Å². The van der Waals surface area contributed by atoms with Gasteiger partial charge in [-0.2, -0.15) is 0 Å². The quantitative estimate of drug-likeness (QED) is 0.761. The predicted octanol–water partition coefficient (Wildman–Crippen LogP) is 3.14. The number of ether oxygens (including phenoxy) is 1. The van der Waals surface area contributed by atoms with Gasteiger partial charge in [0.15, 0.2) is 0 Å². The molecule has 0 radical (unpaired) electrons. The van der Waals surface area contributed by atoms with Gasteiger partial charge in [-0.05, 0) is 58.4 Å². The maximum absolute atomic E-state index is 5.68. The molecule has 0 aromatic carbocycles. The molecule has 0 spiro atoms. The van der Waals surface area contributed by atoms with Crippen molar-refractivity contribution in [3.63, 3.8) is 0 Å². The summed E-state index contributed by atoms with van der Waals surface area (Å²) in [4.78, 5) is 0. The fourth-order valence-corrected chi connectivity index (χ4v) is 3.29. The summed E-state index contributed by atoms with van der Waals surface area (Å²) in [6, 6.07) is 0. The van der Waals surface area contributed by atoms with Crippen molar-refractivity contribution in [2.45, 2.75) is 58.6 Å². The average Bonchev–Trinajstić information content (AvgIpc) is 2.56. The highest BCUT2D eigenvalue weighted by Crippen LogP contribution is 2.30. The van der Waals surface area contributed by atoms with Crippen LogP contribution in [0.3, 0.4) is 0 Å². The molecule has 0 aromatic rings. The van der Waals surface area contributed by atoms with Crippen LogP contribution in [0.5, 0.6) is 0 Å². The van der Waals surface area contributed by atoms with Gasteiger partial charge in [0.2, 0.25) is 0 Å². The molecule has 1 aliphatic carbocycles. The van der Waals surface area contributed by atoms with E-state index < -0.39 is 0 Å². The van der Waals surface area contributed by atoms with Crippen LogP contribution in [0.2, 0.25) is 0 Å². The summed E-state index contributed by atoms with van der Waals surface area (Å²) < 4.78 is 5.68. The van der Waals surface area contributed by atoms with Crippen molar-refractivity contribution < 1.29 is 4.74 Å². The second-order valence-electron chi connectivity index (χ2n) is 6.36. The van der Waals surface area contributed by atoms with E-state index in [9.17, 15) is 0 Å². The molecular weight excluding hydrogens is 210 g/mol. The highest BCUT2D eigenvalue weighted by Gasteiger charge is 2.37. The van der Waals surface area contributed by atoms with Gasteiger partial charge in [-0.1, -0.05) is 18.6 Å². The molecule has 2 aliphatic rings. The first-order valence-corrected chi connectivity index (χ1v) is 7.03. The van der Waals surface area contributed by atoms with Gasteiger partial charge in [-0.3, -0.25) is 0 Å². The normalized spacial score (nSPS) is 42.6. The molecule has 1 N–H and O–H groups in total. The molecule has 1 heterocycles. The van der Waals surface area contributed by atoms with Crippen LogP contribution in [0.1, 0.15) is 47.0 Å². The largest absolute Gasteiger partial charge is 0.377 e. The van der Waals surface area contributed by atoms with E-state index in [-0.39, 0.29) is 5.54 Å². The molecule has 98 valence electrons. The van der Waals surface area contributed by atoms with Crippen LogP contribution in [-0.2, 0) is 4.74 Å². The zero-order valence-electron chi connectivity index (χ0n) is 11.8. The third kappa shape index (κ3) is 3.11. The Hall–Kier alpha value is -0.340. The Labute approximate surface area is 106 Å². The number of allylic oxidation sites excluding steroid dienone is 2. The van der Waals surface area contributed by atoms with Gasteiger partial charge in [0, 0.05) is 12.1 Å². The average molecular weight is 237 g/mol. The van der Waals surface area contributed by atoms with Gasteiger partial charge in [-0.15, -0.1) is 0 Å². The van der Waals surface area contributed by atoms with Crippen LogP contribution < -0.4 is 5.32 Å². The van der Waals surface area contributed by atoms with Gasteiger partial charge < -0.3 is 10.1 Å². The first-order chi connectivity index (χ1) is 7.99. The van der Waals surface area contributed by atoms with Crippen LogP contribution in [0, 0.1) is 11.8 Å². The molecule has 0 saturated carbocycles. The standard InChI is InChI=1S/C15H27NO/c1-11-7-12(2)9-14(8-11)10-16-15(4)5-6-17-13(15)3/h7,11,13-14,16H,5-6,8-10H2,1-4H3. The number of hydrogen-bond acceptors (Lipinski definition) is 2. The Morgan fingerprint density at radius 3 is 2.82 bits per heavy atom. The third-order valence-electron chi connectivity index (χ3n) is 4.57. The van der Waals surface area contributed by atoms with Crippen molar-refractivity contribution >= 4 is 0 Å². The molecule has 1 fully saturated rings. The summed E-state index contributed by atoms with van der Waals surface area (Å²) in [6.45, 7) is 11.1. The van der Waals surface area contributed by atoms with Gasteiger partial charge in [0.05, 0.1) is 6.10 Å². The van der Waals surface area contributed by atoms with E-state index in [0.29, 0.717) is 6.10 Å². The fourth-order valence-electron chi connectivity index (χ4n) is 3.29. The van der Waals surface area contributed by atoms with Crippen LogP contribution in [0.4, 0.5) is 0 Å². The van der Waals surface area contributed by atoms with Crippen molar-refractivity contribution in [3.05, 3.63) is 11.6 Å². The Kier molecular flexibility index (Phi) is 3.94. The summed E-state index contributed by atoms with van der Waals surface area (Å²) in [5.74, 6) is 1.56. The highest BCUT2D eigenvalue weighted by atomic mass is 16.5. The second kappa shape index (κ2) is 5.11. The summed E-state index contributed by atoms with van der Waals surface area (Å²) >= 11 is 0. The summed E-state index contributed by atoms with van der Waals surface area (Å²) in [5.41, 5.74) is 1.76. The van der Waals surface area contributed by atoms with Gasteiger partial charge >= 0.3 is 0 Å². The highest BCUT2D eigenvalue weighted by molar-refractivity contribution is 5.07. The predicted molar refractivity (Wildman–Crippen MR) is 72.1 cm³/mol. The first kappa shape index (κ1) is 13.1. The minimum atomic E-state index is 0.193. The van der Waals surface area contributed by atoms with Gasteiger partial charge in [-0.25, -0.2) is 0 Å². The van der Waals surface area contributed by atoms with Gasteiger partial charge in [0.1, 0.15) is 0 Å². The summed E-state index contributed by atoms with van der Waals surface area (Å²) in [5, 5.41) is 3.77. The molecule has 2 rings (SSSR count). The van der Waals surface area contributed by atoms with E-state index in [1.165, 1.54) is 12.8 Å². The molecule has 0 bridgehead atoms. The van der Waals surface area contributed by atoms with Crippen molar-refractivity contribution in [2.75, 3.05) is 13.2 Å². The SMILES string of the molecule is CC1=CC(C)CC(CNC2(C)CCOC2C)C1. The van der Waals surface area contributed by atoms with Crippen molar-refractivity contribution in [3.8, 4) is 0 Å². The van der Waals surface area contributed by atoms with Crippen molar-refractivity contribution in [1.82, 2.24) is 5.32 Å². The molecular formula is C15H27NO. The van der Waals surface area contributed by atoms with Crippen LogP contribution in [0.15, 0.2) is 11.6 Å². The zero-order chi connectivity index (χ0) is 12.5. The Morgan fingerprint density at radius 1 is 1.47 bits per heavy atom. The first-order valence-electron chi connectivity index (χ1n) is 7.03. The topological polar surface area (TPSA) is 21.3 Å². The molecule has 1 saturated heterocycles. The monoisotopic (exact) mass is 237 g/mol. The summed E-state index contributed by atoms with van der Waals surface area (Å²) in [6.07, 6.45) is 6.52. The van der Waals surface area contributed by atoms with E-state index in [1.807, 2.05) is 0 Å². The van der Waals surface area contributed by atoms with E-state index in [1.54, 1.807) is 5.57 Å². The minimum Gasteiger partial charge on any atom is -0.377 e. The summed E-state index contributed by atoms with van der Waals surface area (Å²) in [7, 11) is 0. The molecule has 1 aliphatic heterocycles. The van der Waals surface area contributed by atoms with Crippen molar-refractivity contribution in [1.29, 1.82) is 0 Å². The van der Waals surface area contributed by atoms with Crippen LogP contribution in [0.25, 0.3) is 0 Å². The maximum atomic E-state index is 5.68. The molecule has 17 heavy (non-hydrogen) atoms. The third-order valence-corrected chi connectivity index (χ3v) is 4.57. The molecule has 2 heteroatoms. The lowest BCUT2D eigenvalue weighted by Crippen LogP contribution is -2.49. The Balaban J connectivity index is 1.84. The number of hydrogen-bond donors (Lipinski definition) is 1. The zero-order valence-corrected chi connectivity index (χ0v) is 11.8. The lowest BCUT2D eigenvalue weighted by Gasteiger charge is -2.33. The number of nitrogens with one attached hydrogen (secondary N) is 1. The Bertz CT molecular complexity index is 299. The molecule has 0 amide bonds. The second-order valence-corrected chi connectivity index (χ2v) is 6.36. The smallest absolute Gasteiger partial charge is 0.0726 e. The Morgan fingerprint density at radius 2 is 2.24 bits per heavy atom. The molecule has 4 atom stereocenters. The van der Waals surface area contributed by atoms with Gasteiger partial charge in [0.25, 0.3) is 0 Å². The van der Waals surface area contributed by atoms with Crippen LogP contribution >= 0.6 is 0 Å². The lowest BCUT2D eigenvalue weighted by molar-refractivity contribution is 0.0866. The lowest BCUT2D eigenvalue weighted by atomic mass is 9.83. The minimum absolute atomic E-state index is 0.193. The fraction of sp³-hybridized carbons (Fsp3) is 0.867. The number of rotatable bonds is 3. The maximum Gasteiger partial charge on any atom is 0.0726 e. The van der Waals surface area contributed by atoms with Crippen LogP contribution in [-0.4, -0.2) is 24.8 Å². The van der Waals surface area contributed by atoms with Crippen molar-refractivity contribution in [2.24, 2.45) is 11.8 Å². The molecule has 2 nitrogen and oxygen atoms in total. The molecule has 0 aromatic heterocycles. The van der Waals surface area contributed by atoms with E-state index in [4.69, 9.17) is 4.74 Å². The molecule has 4 unspecified atom stereocenters. The van der Waals surface area contributed by atoms with E-state index in [0.717, 1.165) is 31.4 Å².